The number of nitrogens with one attached hydrogen (secondary N) is 2. The van der Waals surface area contributed by atoms with Gasteiger partial charge in [0.05, 0.1) is 0 Å². The maximum Gasteiger partial charge on any atom is 0.232 e. The predicted octanol–water partition coefficient (Wildman–Crippen LogP) is 2.99. The van der Waals surface area contributed by atoms with Crippen LogP contribution in [0.4, 0.5) is 17.8 Å². The van der Waals surface area contributed by atoms with Gasteiger partial charge in [0.15, 0.2) is 0 Å². The van der Waals surface area contributed by atoms with Crippen molar-refractivity contribution in [2.75, 3.05) is 55.3 Å². The van der Waals surface area contributed by atoms with E-state index in [1.165, 1.54) is 5.56 Å². The number of nitrogens with zero attached hydrogens (tertiary/aromatic N) is 5. The molecule has 0 bridgehead atoms. The van der Waals surface area contributed by atoms with E-state index >= 15 is 0 Å². The number of benzene rings is 2. The summed E-state index contributed by atoms with van der Waals surface area (Å²) in [5.74, 6) is 2.10. The minimum absolute atomic E-state index is 0.258. The quantitative estimate of drug-likeness (QED) is 0.444. The van der Waals surface area contributed by atoms with Crippen LogP contribution < -0.4 is 15.5 Å². The van der Waals surface area contributed by atoms with E-state index in [9.17, 15) is 5.11 Å². The lowest BCUT2D eigenvalue weighted by Crippen LogP contribution is -2.45. The van der Waals surface area contributed by atoms with Crippen molar-refractivity contribution in [2.24, 2.45) is 0 Å². The first-order chi connectivity index (χ1) is 15.7. The summed E-state index contributed by atoms with van der Waals surface area (Å²) in [7, 11) is 2.13. The molecular weight excluding hydrogens is 402 g/mol. The first-order valence-corrected chi connectivity index (χ1v) is 11.1. The molecule has 2 aromatic carbocycles. The van der Waals surface area contributed by atoms with Crippen molar-refractivity contribution in [3.05, 3.63) is 65.7 Å². The van der Waals surface area contributed by atoms with E-state index in [0.717, 1.165) is 51.1 Å². The second-order valence-corrected chi connectivity index (χ2v) is 8.11. The Labute approximate surface area is 189 Å². The van der Waals surface area contributed by atoms with E-state index in [1.807, 2.05) is 18.2 Å². The van der Waals surface area contributed by atoms with Crippen LogP contribution in [0.5, 0.6) is 5.75 Å². The smallest absolute Gasteiger partial charge is 0.232 e. The van der Waals surface area contributed by atoms with Crippen LogP contribution in [0.3, 0.4) is 0 Å². The Morgan fingerprint density at radius 3 is 2.22 bits per heavy atom. The number of phenols is 1. The zero-order valence-corrected chi connectivity index (χ0v) is 18.5. The molecule has 3 aromatic rings. The maximum atomic E-state index is 9.48. The topological polar surface area (TPSA) is 89.4 Å². The molecule has 0 unspecified atom stereocenters. The molecule has 168 valence electrons. The van der Waals surface area contributed by atoms with Crippen molar-refractivity contribution >= 4 is 17.8 Å². The van der Waals surface area contributed by atoms with Gasteiger partial charge < -0.3 is 25.5 Å². The molecule has 3 N–H and O–H groups in total. The number of aromatic hydroxyl groups is 1. The van der Waals surface area contributed by atoms with Gasteiger partial charge >= 0.3 is 0 Å². The molecule has 8 nitrogen and oxygen atoms in total. The Bertz CT molecular complexity index is 973. The fraction of sp³-hybridized carbons (Fsp3) is 0.375. The molecule has 1 aliphatic heterocycles. The SMILES string of the molecule is CN1CCN(c2nc(NCCCc3ccccc3)nc(NCc3ccc(O)cc3)n2)CC1. The van der Waals surface area contributed by atoms with Gasteiger partial charge in [0.25, 0.3) is 0 Å². The van der Waals surface area contributed by atoms with Crippen LogP contribution in [-0.4, -0.2) is 64.7 Å². The highest BCUT2D eigenvalue weighted by Crippen LogP contribution is 2.17. The first-order valence-electron chi connectivity index (χ1n) is 11.1. The van der Waals surface area contributed by atoms with Crippen LogP contribution in [0.1, 0.15) is 17.5 Å². The third kappa shape index (κ3) is 6.31. The average molecular weight is 434 g/mol. The monoisotopic (exact) mass is 433 g/mol. The Morgan fingerprint density at radius 2 is 1.50 bits per heavy atom. The maximum absolute atomic E-state index is 9.48. The van der Waals surface area contributed by atoms with Crippen LogP contribution in [0.2, 0.25) is 0 Å². The van der Waals surface area contributed by atoms with Crippen LogP contribution in [0, 0.1) is 0 Å². The number of aromatic nitrogens is 3. The van der Waals surface area contributed by atoms with Crippen molar-refractivity contribution < 1.29 is 5.11 Å². The number of phenolic OH excluding ortho intramolecular Hbond substituents is 1. The van der Waals surface area contributed by atoms with E-state index in [0.29, 0.717) is 24.4 Å². The zero-order chi connectivity index (χ0) is 22.2. The van der Waals surface area contributed by atoms with Gasteiger partial charge in [0.2, 0.25) is 17.8 Å². The van der Waals surface area contributed by atoms with Gasteiger partial charge in [-0.25, -0.2) is 0 Å². The number of hydrogen-bond acceptors (Lipinski definition) is 8. The Hall–Kier alpha value is -3.39. The Kier molecular flexibility index (Phi) is 7.34. The molecule has 2 heterocycles. The van der Waals surface area contributed by atoms with E-state index in [2.05, 4.69) is 61.7 Å². The highest BCUT2D eigenvalue weighted by Gasteiger charge is 2.18. The number of piperazine rings is 1. The summed E-state index contributed by atoms with van der Waals surface area (Å²) in [6, 6.07) is 17.6. The highest BCUT2D eigenvalue weighted by molar-refractivity contribution is 5.44. The van der Waals surface area contributed by atoms with Gasteiger partial charge in [-0.15, -0.1) is 0 Å². The molecule has 0 saturated carbocycles. The first kappa shape index (κ1) is 21.8. The number of aryl methyl sites for hydroxylation is 1. The molecule has 0 atom stereocenters. The van der Waals surface area contributed by atoms with Crippen LogP contribution in [0.15, 0.2) is 54.6 Å². The fourth-order valence-corrected chi connectivity index (χ4v) is 3.60. The molecule has 1 fully saturated rings. The summed E-state index contributed by atoms with van der Waals surface area (Å²) >= 11 is 0. The summed E-state index contributed by atoms with van der Waals surface area (Å²) in [5.41, 5.74) is 2.38. The molecule has 0 aliphatic carbocycles. The molecule has 8 heteroatoms. The number of hydrogen-bond donors (Lipinski definition) is 3. The molecular formula is C24H31N7O. The van der Waals surface area contributed by atoms with E-state index in [-0.39, 0.29) is 5.75 Å². The van der Waals surface area contributed by atoms with E-state index < -0.39 is 0 Å². The van der Waals surface area contributed by atoms with Crippen molar-refractivity contribution in [3.8, 4) is 5.75 Å². The molecule has 0 radical (unpaired) electrons. The highest BCUT2D eigenvalue weighted by atomic mass is 16.3. The summed E-state index contributed by atoms with van der Waals surface area (Å²) in [4.78, 5) is 18.5. The van der Waals surface area contributed by atoms with Crippen molar-refractivity contribution in [3.63, 3.8) is 0 Å². The molecule has 0 amide bonds. The van der Waals surface area contributed by atoms with Crippen LogP contribution >= 0.6 is 0 Å². The van der Waals surface area contributed by atoms with Crippen molar-refractivity contribution in [1.82, 2.24) is 19.9 Å². The average Bonchev–Trinajstić information content (AvgIpc) is 2.82. The third-order valence-corrected chi connectivity index (χ3v) is 5.56. The second-order valence-electron chi connectivity index (χ2n) is 8.11. The molecule has 4 rings (SSSR count). The molecule has 1 aliphatic rings. The predicted molar refractivity (Wildman–Crippen MR) is 128 cm³/mol. The lowest BCUT2D eigenvalue weighted by atomic mass is 10.1. The van der Waals surface area contributed by atoms with Crippen LogP contribution in [0.25, 0.3) is 0 Å². The summed E-state index contributed by atoms with van der Waals surface area (Å²) in [5, 5.41) is 16.2. The largest absolute Gasteiger partial charge is 0.508 e. The van der Waals surface area contributed by atoms with Gasteiger partial charge in [0, 0.05) is 39.3 Å². The third-order valence-electron chi connectivity index (χ3n) is 5.56. The van der Waals surface area contributed by atoms with Gasteiger partial charge in [-0.2, -0.15) is 15.0 Å². The normalized spacial score (nSPS) is 14.3. The summed E-state index contributed by atoms with van der Waals surface area (Å²) in [6.07, 6.45) is 2.01. The molecule has 1 saturated heterocycles. The van der Waals surface area contributed by atoms with Crippen molar-refractivity contribution in [2.45, 2.75) is 19.4 Å². The molecule has 1 aromatic heterocycles. The van der Waals surface area contributed by atoms with Gasteiger partial charge in [-0.05, 0) is 43.1 Å². The fourth-order valence-electron chi connectivity index (χ4n) is 3.60. The van der Waals surface area contributed by atoms with Crippen molar-refractivity contribution in [1.29, 1.82) is 0 Å². The van der Waals surface area contributed by atoms with Crippen LogP contribution in [-0.2, 0) is 13.0 Å². The summed E-state index contributed by atoms with van der Waals surface area (Å²) in [6.45, 7) is 5.12. The van der Waals surface area contributed by atoms with E-state index in [4.69, 9.17) is 4.98 Å². The molecule has 32 heavy (non-hydrogen) atoms. The number of likely N-dealkylation sites (N-methyl/N-ethyl adjacent to an activating group) is 1. The minimum atomic E-state index is 0.258. The minimum Gasteiger partial charge on any atom is -0.508 e. The number of rotatable bonds is 9. The summed E-state index contributed by atoms with van der Waals surface area (Å²) < 4.78 is 0. The lowest BCUT2D eigenvalue weighted by Gasteiger charge is -2.32. The van der Waals surface area contributed by atoms with E-state index in [1.54, 1.807) is 12.1 Å². The Balaban J connectivity index is 1.42. The Morgan fingerprint density at radius 1 is 0.812 bits per heavy atom. The number of anilines is 3. The lowest BCUT2D eigenvalue weighted by molar-refractivity contribution is 0.311. The zero-order valence-electron chi connectivity index (χ0n) is 18.5. The van der Waals surface area contributed by atoms with Gasteiger partial charge in [-0.1, -0.05) is 42.5 Å². The standard InChI is InChI=1S/C24H31N7O/c1-30-14-16-31(17-15-30)24-28-22(25-13-5-8-19-6-3-2-4-7-19)27-23(29-24)26-18-20-9-11-21(32)12-10-20/h2-4,6-7,9-12,32H,5,8,13-18H2,1H3,(H2,25,26,27,28,29). The molecule has 0 spiro atoms. The second kappa shape index (κ2) is 10.8. The van der Waals surface area contributed by atoms with Gasteiger partial charge in [0.1, 0.15) is 5.75 Å². The van der Waals surface area contributed by atoms with Gasteiger partial charge in [-0.3, -0.25) is 0 Å².